The second kappa shape index (κ2) is 8.22. The molecule has 0 radical (unpaired) electrons. The van der Waals surface area contributed by atoms with Crippen LogP contribution in [0.5, 0.6) is 0 Å². The average Bonchev–Trinajstić information content (AvgIpc) is 2.38. The summed E-state index contributed by atoms with van der Waals surface area (Å²) in [4.78, 5) is 0. The molecule has 0 nitrogen and oxygen atoms in total. The van der Waals surface area contributed by atoms with E-state index in [2.05, 4.69) is 0 Å². The monoisotopic (exact) mass is 336 g/mol. The molecule has 23 heavy (non-hydrogen) atoms. The maximum Gasteiger partial charge on any atom is 0.419 e. The van der Waals surface area contributed by atoms with Crippen molar-refractivity contribution in [3.63, 3.8) is 0 Å². The molecule has 1 aromatic carbocycles. The number of benzene rings is 1. The predicted molar refractivity (Wildman–Crippen MR) is 77.8 cm³/mol. The highest BCUT2D eigenvalue weighted by molar-refractivity contribution is 5.36. The molecule has 0 heterocycles. The Morgan fingerprint density at radius 2 is 1.35 bits per heavy atom. The first-order valence-electron chi connectivity index (χ1n) is 7.15. The van der Waals surface area contributed by atoms with Gasteiger partial charge in [0.2, 0.25) is 0 Å². The smallest absolute Gasteiger partial charge is 0.212 e. The third-order valence-corrected chi connectivity index (χ3v) is 3.27. The molecule has 0 N–H and O–H groups in total. The van der Waals surface area contributed by atoms with Crippen LogP contribution in [-0.4, -0.2) is 0 Å². The van der Waals surface area contributed by atoms with Gasteiger partial charge in [-0.1, -0.05) is 24.3 Å². The van der Waals surface area contributed by atoms with Gasteiger partial charge in [0.25, 0.3) is 0 Å². The molecule has 0 amide bonds. The van der Waals surface area contributed by atoms with Crippen LogP contribution in [0.15, 0.2) is 35.9 Å². The molecule has 0 aliphatic carbocycles. The molecule has 0 aliphatic heterocycles. The molecule has 0 saturated heterocycles. The fourth-order valence-corrected chi connectivity index (χ4v) is 2.22. The van der Waals surface area contributed by atoms with E-state index in [1.54, 1.807) is 0 Å². The zero-order valence-electron chi connectivity index (χ0n) is 12.9. The normalized spacial score (nSPS) is 13.6. The van der Waals surface area contributed by atoms with E-state index in [0.29, 0.717) is 0 Å². The summed E-state index contributed by atoms with van der Waals surface area (Å²) in [5.74, 6) is -2.30. The van der Waals surface area contributed by atoms with E-state index in [0.717, 1.165) is 6.08 Å². The van der Waals surface area contributed by atoms with Crippen molar-refractivity contribution in [1.82, 2.24) is 0 Å². The van der Waals surface area contributed by atoms with Crippen LogP contribution in [0.3, 0.4) is 0 Å². The van der Waals surface area contributed by atoms with Gasteiger partial charge in [0, 0.05) is 0 Å². The van der Waals surface area contributed by atoms with Gasteiger partial charge >= 0.3 is 6.18 Å². The minimum Gasteiger partial charge on any atom is -0.212 e. The number of allylic oxidation sites excluding steroid dienone is 4. The van der Waals surface area contributed by atoms with Crippen molar-refractivity contribution in [2.45, 2.75) is 45.7 Å². The number of hydrogen-bond donors (Lipinski definition) is 0. The third kappa shape index (κ3) is 6.12. The summed E-state index contributed by atoms with van der Waals surface area (Å²) in [6, 6.07) is 2.47. The van der Waals surface area contributed by atoms with Crippen LogP contribution in [0.25, 0.3) is 0 Å². The lowest BCUT2D eigenvalue weighted by molar-refractivity contribution is -0.140. The van der Waals surface area contributed by atoms with E-state index in [9.17, 15) is 26.3 Å². The van der Waals surface area contributed by atoms with Gasteiger partial charge < -0.3 is 0 Å². The number of halogens is 6. The lowest BCUT2D eigenvalue weighted by Crippen LogP contribution is -2.14. The Morgan fingerprint density at radius 1 is 0.913 bits per heavy atom. The molecular weight excluding hydrogens is 318 g/mol. The Balaban J connectivity index is 3.11. The highest BCUT2D eigenvalue weighted by atomic mass is 19.4. The lowest BCUT2D eigenvalue weighted by atomic mass is 9.96. The number of rotatable bonds is 6. The summed E-state index contributed by atoms with van der Waals surface area (Å²) in [6.07, 6.45) is -2.48. The Morgan fingerprint density at radius 3 is 1.78 bits per heavy atom. The molecule has 0 unspecified atom stereocenters. The summed E-state index contributed by atoms with van der Waals surface area (Å²) in [6.45, 7) is 2.40. The summed E-state index contributed by atoms with van der Waals surface area (Å²) in [5.41, 5.74) is -1.65. The Labute approximate surface area is 131 Å². The van der Waals surface area contributed by atoms with Gasteiger partial charge in [0.05, 0.1) is 17.2 Å². The van der Waals surface area contributed by atoms with Crippen LogP contribution in [-0.2, 0) is 19.0 Å². The minimum absolute atomic E-state index is 0.0278. The van der Waals surface area contributed by atoms with Crippen LogP contribution < -0.4 is 0 Å². The predicted octanol–water partition coefficient (Wildman–Crippen LogP) is 6.46. The first kappa shape index (κ1) is 19.3. The maximum absolute atomic E-state index is 14.2. The zero-order valence-corrected chi connectivity index (χ0v) is 12.9. The number of aryl methyl sites for hydroxylation is 2. The van der Waals surface area contributed by atoms with Crippen LogP contribution in [0.1, 0.15) is 43.4 Å². The zero-order chi connectivity index (χ0) is 17.6. The second-order valence-corrected chi connectivity index (χ2v) is 5.23. The van der Waals surface area contributed by atoms with Crippen molar-refractivity contribution in [3.8, 4) is 0 Å². The van der Waals surface area contributed by atoms with Crippen molar-refractivity contribution in [1.29, 1.82) is 0 Å². The Kier molecular flexibility index (Phi) is 6.91. The molecule has 0 atom stereocenters. The van der Waals surface area contributed by atoms with Gasteiger partial charge in [0.15, 0.2) is 0 Å². The van der Waals surface area contributed by atoms with E-state index in [4.69, 9.17) is 0 Å². The van der Waals surface area contributed by atoms with Crippen LogP contribution >= 0.6 is 0 Å². The summed E-state index contributed by atoms with van der Waals surface area (Å²) in [7, 11) is 0. The van der Waals surface area contributed by atoms with E-state index in [1.807, 2.05) is 0 Å². The quantitative estimate of drug-likeness (QED) is 0.523. The Hall–Kier alpha value is -1.72. The highest BCUT2D eigenvalue weighted by Crippen LogP contribution is 2.36. The van der Waals surface area contributed by atoms with Gasteiger partial charge in [-0.3, -0.25) is 0 Å². The molecule has 0 fully saturated rings. The standard InChI is InChI=1S/C17H18F6/c1-11(18)5-3-7-13-9-10-14(8-4-6-12(2)19)16(20)15(13)17(21,22)23/h5-6,9-10H,3-4,7-8H2,1-2H3/b11-5-,12-6-. The second-order valence-electron chi connectivity index (χ2n) is 5.23. The molecular formula is C17H18F6. The molecule has 6 heteroatoms. The van der Waals surface area contributed by atoms with Crippen molar-refractivity contribution in [2.24, 2.45) is 0 Å². The number of hydrogen-bond acceptors (Lipinski definition) is 0. The third-order valence-electron chi connectivity index (χ3n) is 3.27. The van der Waals surface area contributed by atoms with E-state index < -0.39 is 29.2 Å². The van der Waals surface area contributed by atoms with Crippen molar-refractivity contribution in [3.05, 3.63) is 58.4 Å². The van der Waals surface area contributed by atoms with Crippen LogP contribution in [0.4, 0.5) is 26.3 Å². The summed E-state index contributed by atoms with van der Waals surface area (Å²) in [5, 5.41) is 0. The highest BCUT2D eigenvalue weighted by Gasteiger charge is 2.37. The van der Waals surface area contributed by atoms with Gasteiger partial charge in [-0.05, 0) is 50.7 Å². The van der Waals surface area contributed by atoms with Crippen molar-refractivity contribution in [2.75, 3.05) is 0 Å². The topological polar surface area (TPSA) is 0 Å². The summed E-state index contributed by atoms with van der Waals surface area (Å²) >= 11 is 0. The minimum atomic E-state index is -4.84. The molecule has 0 saturated carbocycles. The van der Waals surface area contributed by atoms with E-state index in [-0.39, 0.29) is 36.8 Å². The van der Waals surface area contributed by atoms with Crippen LogP contribution in [0, 0.1) is 5.82 Å². The van der Waals surface area contributed by atoms with Gasteiger partial charge in [0.1, 0.15) is 5.82 Å². The fraction of sp³-hybridized carbons (Fsp3) is 0.412. The fourth-order valence-electron chi connectivity index (χ4n) is 2.22. The first-order valence-corrected chi connectivity index (χ1v) is 7.15. The first-order chi connectivity index (χ1) is 10.6. The largest absolute Gasteiger partial charge is 0.419 e. The lowest BCUT2D eigenvalue weighted by Gasteiger charge is -2.16. The van der Waals surface area contributed by atoms with Gasteiger partial charge in [-0.15, -0.1) is 0 Å². The summed E-state index contributed by atoms with van der Waals surface area (Å²) < 4.78 is 78.8. The number of alkyl halides is 3. The molecule has 0 bridgehead atoms. The van der Waals surface area contributed by atoms with Crippen LogP contribution in [0.2, 0.25) is 0 Å². The van der Waals surface area contributed by atoms with E-state index in [1.165, 1.54) is 32.1 Å². The molecule has 0 aliphatic rings. The average molecular weight is 336 g/mol. The van der Waals surface area contributed by atoms with Crippen molar-refractivity contribution >= 4 is 0 Å². The molecule has 1 aromatic rings. The van der Waals surface area contributed by atoms with Gasteiger partial charge in [-0.2, -0.15) is 13.2 Å². The molecule has 0 aromatic heterocycles. The van der Waals surface area contributed by atoms with E-state index >= 15 is 0 Å². The molecule has 1 rings (SSSR count). The van der Waals surface area contributed by atoms with Gasteiger partial charge in [-0.25, -0.2) is 13.2 Å². The SMILES string of the molecule is C/C(F)=C/CCc1ccc(CC/C=C(/C)F)c(C(F)(F)F)c1F. The molecule has 128 valence electrons. The maximum atomic E-state index is 14.2. The van der Waals surface area contributed by atoms with Crippen molar-refractivity contribution < 1.29 is 26.3 Å². The Bertz CT molecular complexity index is 588. The molecule has 0 spiro atoms.